The van der Waals surface area contributed by atoms with E-state index < -0.39 is 9.84 Å². The van der Waals surface area contributed by atoms with Gasteiger partial charge in [-0.3, -0.25) is 14.7 Å². The van der Waals surface area contributed by atoms with E-state index in [1.807, 2.05) is 6.26 Å². The maximum absolute atomic E-state index is 13.2. The molecule has 30 heavy (non-hydrogen) atoms. The van der Waals surface area contributed by atoms with Crippen LogP contribution in [0.2, 0.25) is 5.02 Å². The van der Waals surface area contributed by atoms with Crippen LogP contribution in [0.1, 0.15) is 44.2 Å². The van der Waals surface area contributed by atoms with Crippen molar-refractivity contribution in [2.75, 3.05) is 17.4 Å². The van der Waals surface area contributed by atoms with Gasteiger partial charge in [0.25, 0.3) is 0 Å². The molecule has 2 aromatic rings. The van der Waals surface area contributed by atoms with Crippen molar-refractivity contribution in [1.82, 2.24) is 9.97 Å². The van der Waals surface area contributed by atoms with E-state index in [9.17, 15) is 13.2 Å². The highest BCUT2D eigenvalue weighted by Gasteiger charge is 2.24. The average Bonchev–Trinajstić information content (AvgIpc) is 3.21. The van der Waals surface area contributed by atoms with Crippen LogP contribution in [0.3, 0.4) is 0 Å². The number of rotatable bonds is 8. The third kappa shape index (κ3) is 5.74. The number of thioether (sulfide) groups is 1. The fraction of sp³-hybridized carbons (Fsp3) is 0.476. The van der Waals surface area contributed by atoms with Crippen LogP contribution in [-0.4, -0.2) is 36.8 Å². The highest BCUT2D eigenvalue weighted by atomic mass is 35.5. The first-order chi connectivity index (χ1) is 14.3. The van der Waals surface area contributed by atoms with Gasteiger partial charge in [-0.05, 0) is 36.8 Å². The Morgan fingerprint density at radius 3 is 2.53 bits per heavy atom. The monoisotopic (exact) mass is 467 g/mol. The van der Waals surface area contributed by atoms with E-state index in [2.05, 4.69) is 9.97 Å². The van der Waals surface area contributed by atoms with E-state index in [0.717, 1.165) is 24.1 Å². The molecule has 0 saturated heterocycles. The van der Waals surface area contributed by atoms with Crippen molar-refractivity contribution in [3.8, 4) is 0 Å². The van der Waals surface area contributed by atoms with Crippen LogP contribution in [0.15, 0.2) is 35.5 Å². The molecule has 1 amide bonds. The highest BCUT2D eigenvalue weighted by Crippen LogP contribution is 2.33. The van der Waals surface area contributed by atoms with Gasteiger partial charge in [-0.15, -0.1) is 0 Å². The lowest BCUT2D eigenvalue weighted by Gasteiger charge is -2.23. The molecule has 0 spiro atoms. The number of carbonyl (C=O) groups is 1. The Balaban J connectivity index is 1.92. The van der Waals surface area contributed by atoms with E-state index in [4.69, 9.17) is 11.6 Å². The highest BCUT2D eigenvalue weighted by molar-refractivity contribution is 7.97. The minimum Gasteiger partial charge on any atom is -0.274 e. The molecule has 9 heteroatoms. The summed E-state index contributed by atoms with van der Waals surface area (Å²) in [6.45, 7) is 0. The van der Waals surface area contributed by atoms with E-state index in [1.165, 1.54) is 42.7 Å². The first-order valence-corrected chi connectivity index (χ1v) is 13.6. The van der Waals surface area contributed by atoms with Crippen LogP contribution in [0.4, 0.5) is 11.5 Å². The molecule has 1 heterocycles. The second-order valence-corrected chi connectivity index (χ2v) is 10.9. The summed E-state index contributed by atoms with van der Waals surface area (Å²) >= 11 is 7.88. The first-order valence-electron chi connectivity index (χ1n) is 9.92. The van der Waals surface area contributed by atoms with E-state index in [-0.39, 0.29) is 15.8 Å². The molecular weight excluding hydrogens is 442 g/mol. The predicted molar refractivity (Wildman–Crippen MR) is 122 cm³/mol. The van der Waals surface area contributed by atoms with Gasteiger partial charge in [0.1, 0.15) is 0 Å². The second kappa shape index (κ2) is 10.1. The Hall–Kier alpha value is -1.64. The Kier molecular flexibility index (Phi) is 7.76. The molecule has 1 aromatic carbocycles. The van der Waals surface area contributed by atoms with Gasteiger partial charge in [-0.1, -0.05) is 37.3 Å². The zero-order valence-electron chi connectivity index (χ0n) is 17.2. The Morgan fingerprint density at radius 1 is 1.23 bits per heavy atom. The molecule has 3 rings (SSSR count). The third-order valence-electron chi connectivity index (χ3n) is 5.28. The number of hydrogen-bond acceptors (Lipinski definition) is 6. The molecule has 6 nitrogen and oxygen atoms in total. The molecule has 0 aliphatic heterocycles. The normalized spacial score (nSPS) is 14.8. The number of carbonyl (C=O) groups excluding carboxylic acids is 1. The number of amides is 1. The van der Waals surface area contributed by atoms with Crippen molar-refractivity contribution in [3.05, 3.63) is 41.3 Å². The summed E-state index contributed by atoms with van der Waals surface area (Å²) in [4.78, 5) is 23.6. The van der Waals surface area contributed by atoms with Crippen LogP contribution >= 0.6 is 23.4 Å². The van der Waals surface area contributed by atoms with Crippen molar-refractivity contribution in [3.63, 3.8) is 0 Å². The van der Waals surface area contributed by atoms with Crippen LogP contribution in [-0.2, 0) is 20.4 Å². The van der Waals surface area contributed by atoms with Crippen molar-refractivity contribution in [1.29, 1.82) is 0 Å². The molecule has 0 bridgehead atoms. The van der Waals surface area contributed by atoms with Gasteiger partial charge in [0.05, 0.1) is 33.7 Å². The smallest absolute Gasteiger partial charge is 0.232 e. The van der Waals surface area contributed by atoms with Gasteiger partial charge in [0, 0.05) is 18.4 Å². The zero-order valence-corrected chi connectivity index (χ0v) is 19.6. The van der Waals surface area contributed by atoms with Gasteiger partial charge in [0.2, 0.25) is 5.91 Å². The van der Waals surface area contributed by atoms with E-state index in [1.54, 1.807) is 30.2 Å². The number of sulfone groups is 1. The molecule has 0 N–H and O–H groups in total. The average molecular weight is 468 g/mol. The summed E-state index contributed by atoms with van der Waals surface area (Å²) in [5.74, 6) is 1.62. The van der Waals surface area contributed by atoms with E-state index >= 15 is 0 Å². The minimum absolute atomic E-state index is 0.0349. The van der Waals surface area contributed by atoms with Crippen molar-refractivity contribution in [2.45, 2.75) is 49.2 Å². The molecule has 1 aromatic heterocycles. The molecule has 1 saturated carbocycles. The molecule has 1 fully saturated rings. The summed E-state index contributed by atoms with van der Waals surface area (Å²) in [5, 5.41) is 0.0792. The van der Waals surface area contributed by atoms with Gasteiger partial charge in [-0.25, -0.2) is 13.4 Å². The second-order valence-electron chi connectivity index (χ2n) is 7.60. The molecule has 0 unspecified atom stereocenters. The fourth-order valence-electron chi connectivity index (χ4n) is 3.76. The molecule has 0 atom stereocenters. The molecule has 1 aliphatic carbocycles. The van der Waals surface area contributed by atoms with Gasteiger partial charge in [-0.2, -0.15) is 11.8 Å². The fourth-order valence-corrected chi connectivity index (χ4v) is 5.53. The van der Waals surface area contributed by atoms with E-state index in [0.29, 0.717) is 23.8 Å². The van der Waals surface area contributed by atoms with Gasteiger partial charge >= 0.3 is 0 Å². The summed E-state index contributed by atoms with van der Waals surface area (Å²) in [5.41, 5.74) is 1.31. The summed E-state index contributed by atoms with van der Waals surface area (Å²) < 4.78 is 23.8. The Bertz CT molecular complexity index is 991. The maximum atomic E-state index is 13.2. The number of hydrogen-bond donors (Lipinski definition) is 0. The van der Waals surface area contributed by atoms with Gasteiger partial charge < -0.3 is 0 Å². The summed E-state index contributed by atoms with van der Waals surface area (Å²) in [6, 6.07) is 4.52. The molecule has 1 aliphatic rings. The van der Waals surface area contributed by atoms with Crippen LogP contribution < -0.4 is 4.90 Å². The van der Waals surface area contributed by atoms with Crippen LogP contribution in [0.5, 0.6) is 0 Å². The number of aromatic nitrogens is 2. The number of nitrogens with zero attached hydrogens (tertiary/aromatic N) is 3. The number of anilines is 2. The van der Waals surface area contributed by atoms with Crippen LogP contribution in [0.25, 0.3) is 0 Å². The number of halogens is 1. The first kappa shape index (κ1) is 23.0. The van der Waals surface area contributed by atoms with Crippen LogP contribution in [0, 0.1) is 5.92 Å². The zero-order chi connectivity index (χ0) is 21.7. The minimum atomic E-state index is -3.46. The largest absolute Gasteiger partial charge is 0.274 e. The van der Waals surface area contributed by atoms with Crippen molar-refractivity contribution < 1.29 is 13.2 Å². The van der Waals surface area contributed by atoms with Crippen molar-refractivity contribution >= 4 is 50.6 Å². The quantitative estimate of drug-likeness (QED) is 0.541. The van der Waals surface area contributed by atoms with Crippen molar-refractivity contribution in [2.24, 2.45) is 5.92 Å². The van der Waals surface area contributed by atoms with Gasteiger partial charge in [0.15, 0.2) is 15.7 Å². The lowest BCUT2D eigenvalue weighted by molar-refractivity contribution is -0.118. The predicted octanol–water partition coefficient (Wildman–Crippen LogP) is 5.03. The lowest BCUT2D eigenvalue weighted by Crippen LogP contribution is -2.27. The maximum Gasteiger partial charge on any atom is 0.232 e. The number of benzene rings is 1. The molecule has 0 radical (unpaired) electrons. The summed E-state index contributed by atoms with van der Waals surface area (Å²) in [7, 11) is -3.46. The summed E-state index contributed by atoms with van der Waals surface area (Å²) in [6.07, 6.45) is 12.4. The molecular formula is C21H26ClN3O3S2. The third-order valence-corrected chi connectivity index (χ3v) is 7.44. The standard InChI is InChI=1S/C21H26ClN3O3S2/c1-29-14-16-12-24-20(13-23-16)25(21(26)10-7-15-5-3-4-6-15)17-8-9-19(18(22)11-17)30(2,27)28/h8-9,11-13,15H,3-7,10,14H2,1-2H3. The Morgan fingerprint density at radius 2 is 1.97 bits per heavy atom. The SMILES string of the molecule is CSCc1cnc(N(C(=O)CCC2CCCC2)c2ccc(S(C)(=O)=O)c(Cl)c2)cn1. The lowest BCUT2D eigenvalue weighted by atomic mass is 10.0. The topological polar surface area (TPSA) is 80.2 Å². The Labute approximate surface area is 187 Å². The molecule has 162 valence electrons.